The van der Waals surface area contributed by atoms with E-state index < -0.39 is 16.4 Å². The third-order valence-electron chi connectivity index (χ3n) is 5.15. The highest BCUT2D eigenvalue weighted by molar-refractivity contribution is 9.10. The lowest BCUT2D eigenvalue weighted by Gasteiger charge is -2.30. The van der Waals surface area contributed by atoms with Gasteiger partial charge in [-0.1, -0.05) is 28.1 Å². The number of halogens is 4. The minimum absolute atomic E-state index is 0.0252. The lowest BCUT2D eigenvalue weighted by molar-refractivity contribution is 0.153. The average Bonchev–Trinajstić information content (AvgIpc) is 3.08. The van der Waals surface area contributed by atoms with Gasteiger partial charge in [-0.2, -0.15) is 0 Å². The Labute approximate surface area is 184 Å². The van der Waals surface area contributed by atoms with Crippen LogP contribution in [0, 0.1) is 0 Å². The highest BCUT2D eigenvalue weighted by Gasteiger charge is 2.29. The summed E-state index contributed by atoms with van der Waals surface area (Å²) in [6.45, 7) is 1.52. The zero-order valence-corrected chi connectivity index (χ0v) is 19.3. The van der Waals surface area contributed by atoms with Gasteiger partial charge in [0.25, 0.3) is 16.4 Å². The largest absolute Gasteiger partial charge is 0.371 e. The first-order chi connectivity index (χ1) is 13.8. The normalized spacial score (nSPS) is 15.4. The highest BCUT2D eigenvalue weighted by atomic mass is 79.9. The van der Waals surface area contributed by atoms with Crippen LogP contribution < -0.4 is 4.90 Å². The Bertz CT molecular complexity index is 1170. The fourth-order valence-electron chi connectivity index (χ4n) is 3.82. The van der Waals surface area contributed by atoms with Crippen LogP contribution in [0.2, 0.25) is 0 Å². The first kappa shape index (κ1) is 20.8. The van der Waals surface area contributed by atoms with Crippen LogP contribution in [0.15, 0.2) is 56.4 Å². The van der Waals surface area contributed by atoms with Crippen molar-refractivity contribution in [3.05, 3.63) is 57.1 Å². The van der Waals surface area contributed by atoms with Crippen LogP contribution in [-0.4, -0.2) is 25.5 Å². The Morgan fingerprint density at radius 1 is 1.00 bits per heavy atom. The maximum Gasteiger partial charge on any atom is 0.269 e. The molecule has 0 spiro atoms. The van der Waals surface area contributed by atoms with E-state index in [0.29, 0.717) is 20.0 Å². The molecule has 1 aromatic heterocycles. The number of hydrogen-bond acceptors (Lipinski definition) is 3. The smallest absolute Gasteiger partial charge is 0.269 e. The molecular formula is C20H18Br2F2N2O2S. The molecule has 0 radical (unpaired) electrons. The van der Waals surface area contributed by atoms with E-state index in [-0.39, 0.29) is 16.0 Å². The van der Waals surface area contributed by atoms with Gasteiger partial charge in [-0.3, -0.25) is 0 Å². The minimum Gasteiger partial charge on any atom is -0.371 e. The van der Waals surface area contributed by atoms with Crippen LogP contribution in [0.1, 0.15) is 31.3 Å². The maximum absolute atomic E-state index is 14.0. The standard InChI is InChI=1S/C20H18Br2F2N2O2S/c21-13-10-16(25-8-4-1-5-9-25)19-14(20(23)24)12-26(17(19)11-13)29(27,28)18-7-3-2-6-15(18)22/h2-3,6-7,10-12,20H,1,4-5,8-9H2. The van der Waals surface area contributed by atoms with Crippen molar-refractivity contribution in [2.24, 2.45) is 0 Å². The van der Waals surface area contributed by atoms with Crippen LogP contribution in [0.25, 0.3) is 10.9 Å². The summed E-state index contributed by atoms with van der Waals surface area (Å²) >= 11 is 6.70. The van der Waals surface area contributed by atoms with Crippen molar-refractivity contribution in [1.82, 2.24) is 3.97 Å². The summed E-state index contributed by atoms with van der Waals surface area (Å²) in [5.41, 5.74) is 0.611. The second kappa shape index (κ2) is 8.00. The van der Waals surface area contributed by atoms with E-state index in [1.807, 2.05) is 0 Å². The van der Waals surface area contributed by atoms with Crippen molar-refractivity contribution in [2.75, 3.05) is 18.0 Å². The molecule has 1 aliphatic rings. The number of benzene rings is 2. The molecular weight excluding hydrogens is 530 g/mol. The zero-order chi connectivity index (χ0) is 20.8. The number of aromatic nitrogens is 1. The third-order valence-corrected chi connectivity index (χ3v) is 8.29. The predicted octanol–water partition coefficient (Wildman–Crippen LogP) is 6.33. The highest BCUT2D eigenvalue weighted by Crippen LogP contribution is 2.41. The van der Waals surface area contributed by atoms with E-state index in [4.69, 9.17) is 0 Å². The molecule has 0 bridgehead atoms. The van der Waals surface area contributed by atoms with Gasteiger partial charge < -0.3 is 4.90 Å². The molecule has 4 rings (SSSR count). The Balaban J connectivity index is 2.02. The summed E-state index contributed by atoms with van der Waals surface area (Å²) in [6, 6.07) is 9.76. The minimum atomic E-state index is -4.08. The number of alkyl halides is 2. The first-order valence-electron chi connectivity index (χ1n) is 9.18. The van der Waals surface area contributed by atoms with E-state index >= 15 is 0 Å². The molecule has 4 nitrogen and oxygen atoms in total. The molecule has 154 valence electrons. The molecule has 0 unspecified atom stereocenters. The van der Waals surface area contributed by atoms with Gasteiger partial charge >= 0.3 is 0 Å². The van der Waals surface area contributed by atoms with Gasteiger partial charge in [0.1, 0.15) is 4.90 Å². The topological polar surface area (TPSA) is 42.3 Å². The molecule has 1 saturated heterocycles. The van der Waals surface area contributed by atoms with Crippen LogP contribution in [0.5, 0.6) is 0 Å². The summed E-state index contributed by atoms with van der Waals surface area (Å²) in [4.78, 5) is 2.09. The zero-order valence-electron chi connectivity index (χ0n) is 15.3. The summed E-state index contributed by atoms with van der Waals surface area (Å²) < 4.78 is 56.7. The fraction of sp³-hybridized carbons (Fsp3) is 0.300. The molecule has 0 aliphatic carbocycles. The molecule has 0 saturated carbocycles. The van der Waals surface area contributed by atoms with Crippen molar-refractivity contribution < 1.29 is 17.2 Å². The van der Waals surface area contributed by atoms with Gasteiger partial charge in [-0.05, 0) is 59.5 Å². The Morgan fingerprint density at radius 2 is 1.69 bits per heavy atom. The SMILES string of the molecule is O=S(=O)(c1ccccc1Br)n1cc(C(F)F)c2c(N3CCCCC3)cc(Br)cc21. The van der Waals surface area contributed by atoms with Gasteiger partial charge in [0.15, 0.2) is 0 Å². The summed E-state index contributed by atoms with van der Waals surface area (Å²) in [6.07, 6.45) is 1.33. The molecule has 2 heterocycles. The van der Waals surface area contributed by atoms with Crippen molar-refractivity contribution in [1.29, 1.82) is 0 Å². The average molecular weight is 548 g/mol. The predicted molar refractivity (Wildman–Crippen MR) is 117 cm³/mol. The lowest BCUT2D eigenvalue weighted by atomic mass is 10.1. The Morgan fingerprint density at radius 3 is 2.34 bits per heavy atom. The third kappa shape index (κ3) is 3.72. The molecule has 1 fully saturated rings. The quantitative estimate of drug-likeness (QED) is 0.383. The number of piperidine rings is 1. The number of nitrogens with zero attached hydrogens (tertiary/aromatic N) is 2. The van der Waals surface area contributed by atoms with E-state index in [2.05, 4.69) is 36.8 Å². The molecule has 3 aromatic rings. The molecule has 0 atom stereocenters. The summed E-state index contributed by atoms with van der Waals surface area (Å²) in [5, 5.41) is 0.292. The van der Waals surface area contributed by atoms with Crippen molar-refractivity contribution in [3.8, 4) is 0 Å². The van der Waals surface area contributed by atoms with Crippen molar-refractivity contribution >= 4 is 58.5 Å². The summed E-state index contributed by atoms with van der Waals surface area (Å²) in [5.74, 6) is 0. The first-order valence-corrected chi connectivity index (χ1v) is 12.2. The second-order valence-electron chi connectivity index (χ2n) is 6.98. The number of fused-ring (bicyclic) bond motifs is 1. The molecule has 1 aliphatic heterocycles. The van der Waals surface area contributed by atoms with Crippen LogP contribution in [0.4, 0.5) is 14.5 Å². The molecule has 0 amide bonds. The fourth-order valence-corrected chi connectivity index (χ4v) is 6.58. The van der Waals surface area contributed by atoms with E-state index in [9.17, 15) is 17.2 Å². The molecule has 2 aromatic carbocycles. The van der Waals surface area contributed by atoms with E-state index in [1.54, 1.807) is 30.3 Å². The van der Waals surface area contributed by atoms with Gasteiger partial charge in [0, 0.05) is 44.9 Å². The Kier molecular flexibility index (Phi) is 5.74. The molecule has 0 N–H and O–H groups in total. The number of rotatable bonds is 4. The number of hydrogen-bond donors (Lipinski definition) is 0. The lowest BCUT2D eigenvalue weighted by Crippen LogP contribution is -2.29. The second-order valence-corrected chi connectivity index (χ2v) is 10.5. The monoisotopic (exact) mass is 546 g/mol. The molecule has 9 heteroatoms. The molecule has 29 heavy (non-hydrogen) atoms. The van der Waals surface area contributed by atoms with Gasteiger partial charge in [-0.25, -0.2) is 21.2 Å². The Hall–Kier alpha value is -1.45. The van der Waals surface area contributed by atoms with Crippen LogP contribution in [-0.2, 0) is 10.0 Å². The van der Waals surface area contributed by atoms with E-state index in [1.165, 1.54) is 6.07 Å². The maximum atomic E-state index is 14.0. The van der Waals surface area contributed by atoms with Gasteiger partial charge in [-0.15, -0.1) is 0 Å². The van der Waals surface area contributed by atoms with Gasteiger partial charge in [0.2, 0.25) is 0 Å². The van der Waals surface area contributed by atoms with Crippen LogP contribution in [0.3, 0.4) is 0 Å². The van der Waals surface area contributed by atoms with Crippen molar-refractivity contribution in [2.45, 2.75) is 30.6 Å². The van der Waals surface area contributed by atoms with E-state index in [0.717, 1.165) is 42.5 Å². The summed E-state index contributed by atoms with van der Waals surface area (Å²) in [7, 11) is -4.08. The number of anilines is 1. The van der Waals surface area contributed by atoms with Gasteiger partial charge in [0.05, 0.1) is 5.52 Å². The van der Waals surface area contributed by atoms with Crippen molar-refractivity contribution in [3.63, 3.8) is 0 Å². The van der Waals surface area contributed by atoms with Crippen LogP contribution >= 0.6 is 31.9 Å².